The zero-order valence-electron chi connectivity index (χ0n) is 7.73. The van der Waals surface area contributed by atoms with Gasteiger partial charge in [-0.05, 0) is 12.1 Å². The fraction of sp³-hybridized carbons (Fsp3) is 0.111. The summed E-state index contributed by atoms with van der Waals surface area (Å²) >= 11 is 0. The van der Waals surface area contributed by atoms with Crippen LogP contribution in [0.2, 0.25) is 0 Å². The standard InChI is InChI=1S/C9H6F3NO3/c10-9(11,12)6-3-1-2-4-7(6)13(5-14)8(15)16/h1-5H,(H,15,16). The second-order valence-corrected chi connectivity index (χ2v) is 2.77. The van der Waals surface area contributed by atoms with Gasteiger partial charge in [-0.15, -0.1) is 0 Å². The van der Waals surface area contributed by atoms with Crippen LogP contribution >= 0.6 is 0 Å². The number of nitrogens with zero attached hydrogens (tertiary/aromatic N) is 1. The van der Waals surface area contributed by atoms with Gasteiger partial charge < -0.3 is 5.11 Å². The first-order chi connectivity index (χ1) is 7.38. The Bertz CT molecular complexity index is 417. The first-order valence-corrected chi connectivity index (χ1v) is 4.01. The smallest absolute Gasteiger partial charge is 0.418 e. The number of alkyl halides is 3. The fourth-order valence-corrected chi connectivity index (χ4v) is 1.13. The molecule has 0 fully saturated rings. The van der Waals surface area contributed by atoms with Gasteiger partial charge in [0.05, 0.1) is 11.3 Å². The van der Waals surface area contributed by atoms with Gasteiger partial charge in [0.15, 0.2) is 0 Å². The number of imide groups is 1. The number of amides is 2. The Labute approximate surface area is 87.9 Å². The Kier molecular flexibility index (Phi) is 3.17. The molecule has 0 spiro atoms. The SMILES string of the molecule is O=CN(C(=O)O)c1ccccc1C(F)(F)F. The molecule has 1 aromatic carbocycles. The highest BCUT2D eigenvalue weighted by Crippen LogP contribution is 2.35. The number of carbonyl (C=O) groups excluding carboxylic acids is 1. The van der Waals surface area contributed by atoms with Gasteiger partial charge in [-0.3, -0.25) is 4.79 Å². The minimum atomic E-state index is -4.71. The summed E-state index contributed by atoms with van der Waals surface area (Å²) in [6.07, 6.45) is -6.67. The minimum absolute atomic E-state index is 0.0250. The quantitative estimate of drug-likeness (QED) is 0.797. The lowest BCUT2D eigenvalue weighted by atomic mass is 10.1. The molecule has 0 saturated heterocycles. The van der Waals surface area contributed by atoms with Crippen LogP contribution in [0.15, 0.2) is 24.3 Å². The van der Waals surface area contributed by atoms with E-state index >= 15 is 0 Å². The van der Waals surface area contributed by atoms with Crippen LogP contribution < -0.4 is 4.90 Å². The van der Waals surface area contributed by atoms with E-state index in [0.717, 1.165) is 12.1 Å². The van der Waals surface area contributed by atoms with Gasteiger partial charge in [-0.2, -0.15) is 13.2 Å². The van der Waals surface area contributed by atoms with Crippen molar-refractivity contribution in [3.05, 3.63) is 29.8 Å². The number of benzene rings is 1. The van der Waals surface area contributed by atoms with Gasteiger partial charge in [-0.25, -0.2) is 9.69 Å². The van der Waals surface area contributed by atoms with E-state index in [2.05, 4.69) is 0 Å². The van der Waals surface area contributed by atoms with Crippen LogP contribution in [0.3, 0.4) is 0 Å². The van der Waals surface area contributed by atoms with Gasteiger partial charge in [0.2, 0.25) is 6.41 Å². The Balaban J connectivity index is 3.33. The second-order valence-electron chi connectivity index (χ2n) is 2.77. The van der Waals surface area contributed by atoms with Crippen LogP contribution in [0.1, 0.15) is 5.56 Å². The number of rotatable bonds is 2. The maximum atomic E-state index is 12.5. The number of hydrogen-bond donors (Lipinski definition) is 1. The molecule has 86 valence electrons. The van der Waals surface area contributed by atoms with Gasteiger partial charge in [0.1, 0.15) is 0 Å². The normalized spacial score (nSPS) is 10.9. The van der Waals surface area contributed by atoms with Crippen molar-refractivity contribution in [2.24, 2.45) is 0 Å². The Morgan fingerprint density at radius 3 is 2.31 bits per heavy atom. The summed E-state index contributed by atoms with van der Waals surface area (Å²) in [7, 11) is 0. The summed E-state index contributed by atoms with van der Waals surface area (Å²) in [6.45, 7) is 0. The van der Waals surface area contributed by atoms with Crippen LogP contribution in [-0.2, 0) is 11.0 Å². The monoisotopic (exact) mass is 233 g/mol. The summed E-state index contributed by atoms with van der Waals surface area (Å²) in [6, 6.07) is 3.93. The highest BCUT2D eigenvalue weighted by atomic mass is 19.4. The van der Waals surface area contributed by atoms with Crippen molar-refractivity contribution in [3.63, 3.8) is 0 Å². The molecule has 0 aliphatic carbocycles. The Hall–Kier alpha value is -2.05. The predicted octanol–water partition coefficient (Wildman–Crippen LogP) is 2.35. The van der Waals surface area contributed by atoms with Crippen LogP contribution in [0.4, 0.5) is 23.7 Å². The molecule has 0 aromatic heterocycles. The number of carboxylic acid groups (broad SMARTS) is 1. The van der Waals surface area contributed by atoms with Crippen molar-refractivity contribution in [3.8, 4) is 0 Å². The third-order valence-electron chi connectivity index (χ3n) is 1.78. The van der Waals surface area contributed by atoms with Crippen LogP contribution in [0.5, 0.6) is 0 Å². The summed E-state index contributed by atoms with van der Waals surface area (Å²) in [5, 5.41) is 8.54. The van der Waals surface area contributed by atoms with E-state index in [4.69, 9.17) is 5.11 Å². The molecule has 0 atom stereocenters. The molecular weight excluding hydrogens is 227 g/mol. The molecule has 1 aromatic rings. The van der Waals surface area contributed by atoms with E-state index in [1.807, 2.05) is 0 Å². The lowest BCUT2D eigenvalue weighted by Gasteiger charge is -2.17. The third-order valence-corrected chi connectivity index (χ3v) is 1.78. The maximum absolute atomic E-state index is 12.5. The molecule has 0 aliphatic rings. The number of anilines is 1. The summed E-state index contributed by atoms with van der Waals surface area (Å²) in [4.78, 5) is 20.9. The molecule has 0 aliphatic heterocycles. The molecule has 2 amide bonds. The summed E-state index contributed by atoms with van der Waals surface area (Å²) in [5.74, 6) is 0. The van der Waals surface area contributed by atoms with E-state index < -0.39 is 23.5 Å². The van der Waals surface area contributed by atoms with E-state index in [0.29, 0.717) is 6.07 Å². The fourth-order valence-electron chi connectivity index (χ4n) is 1.13. The molecule has 0 heterocycles. The molecule has 0 bridgehead atoms. The first-order valence-electron chi connectivity index (χ1n) is 4.01. The molecular formula is C9H6F3NO3. The molecule has 0 unspecified atom stereocenters. The average molecular weight is 233 g/mol. The molecule has 7 heteroatoms. The van der Waals surface area contributed by atoms with Crippen molar-refractivity contribution in [1.82, 2.24) is 0 Å². The van der Waals surface area contributed by atoms with E-state index in [1.54, 1.807) is 0 Å². The van der Waals surface area contributed by atoms with Gasteiger partial charge in [-0.1, -0.05) is 12.1 Å². The van der Waals surface area contributed by atoms with Crippen molar-refractivity contribution in [1.29, 1.82) is 0 Å². The van der Waals surface area contributed by atoms with Gasteiger partial charge in [0.25, 0.3) is 0 Å². The van der Waals surface area contributed by atoms with Crippen LogP contribution in [0, 0.1) is 0 Å². The first kappa shape index (κ1) is 12.0. The molecule has 0 saturated carbocycles. The number of carbonyl (C=O) groups is 2. The Morgan fingerprint density at radius 1 is 1.31 bits per heavy atom. The summed E-state index contributed by atoms with van der Waals surface area (Å²) < 4.78 is 37.4. The van der Waals surface area contributed by atoms with Crippen molar-refractivity contribution < 1.29 is 27.9 Å². The highest BCUT2D eigenvalue weighted by Gasteiger charge is 2.35. The third kappa shape index (κ3) is 2.30. The van der Waals surface area contributed by atoms with E-state index in [-0.39, 0.29) is 11.3 Å². The highest BCUT2D eigenvalue weighted by molar-refractivity contribution is 6.02. The van der Waals surface area contributed by atoms with Crippen molar-refractivity contribution in [2.75, 3.05) is 4.90 Å². The maximum Gasteiger partial charge on any atom is 0.418 e. The van der Waals surface area contributed by atoms with Crippen molar-refractivity contribution in [2.45, 2.75) is 6.18 Å². The lowest BCUT2D eigenvalue weighted by molar-refractivity contribution is -0.137. The molecule has 16 heavy (non-hydrogen) atoms. The van der Waals surface area contributed by atoms with Gasteiger partial charge in [0, 0.05) is 0 Å². The lowest BCUT2D eigenvalue weighted by Crippen LogP contribution is -2.29. The zero-order valence-corrected chi connectivity index (χ0v) is 7.73. The Morgan fingerprint density at radius 2 is 1.88 bits per heavy atom. The van der Waals surface area contributed by atoms with E-state index in [9.17, 15) is 22.8 Å². The molecule has 0 radical (unpaired) electrons. The van der Waals surface area contributed by atoms with Gasteiger partial charge >= 0.3 is 12.3 Å². The second kappa shape index (κ2) is 4.21. The predicted molar refractivity (Wildman–Crippen MR) is 48.0 cm³/mol. The van der Waals surface area contributed by atoms with E-state index in [1.165, 1.54) is 6.07 Å². The number of hydrogen-bond acceptors (Lipinski definition) is 2. The molecule has 1 N–H and O–H groups in total. The van der Waals surface area contributed by atoms with Crippen LogP contribution in [0.25, 0.3) is 0 Å². The van der Waals surface area contributed by atoms with Crippen molar-refractivity contribution >= 4 is 18.2 Å². The average Bonchev–Trinajstić information content (AvgIpc) is 2.17. The minimum Gasteiger partial charge on any atom is -0.464 e. The molecule has 4 nitrogen and oxygen atoms in total. The number of halogens is 3. The van der Waals surface area contributed by atoms with Crippen LogP contribution in [-0.4, -0.2) is 17.6 Å². The number of para-hydroxylation sites is 1. The summed E-state index contributed by atoms with van der Waals surface area (Å²) in [5.41, 5.74) is -1.89. The zero-order chi connectivity index (χ0) is 12.3. The topological polar surface area (TPSA) is 57.6 Å². The largest absolute Gasteiger partial charge is 0.464 e. The molecule has 1 rings (SSSR count).